The van der Waals surface area contributed by atoms with Gasteiger partial charge in [0.05, 0.1) is 12.2 Å². The monoisotopic (exact) mass is 364 g/mol. The summed E-state index contributed by atoms with van der Waals surface area (Å²) < 4.78 is 21.1. The molecule has 3 aromatic rings. The van der Waals surface area contributed by atoms with E-state index in [-0.39, 0.29) is 30.6 Å². The average Bonchev–Trinajstić information content (AvgIpc) is 3.11. The first-order valence-corrected chi connectivity index (χ1v) is 8.46. The van der Waals surface area contributed by atoms with Gasteiger partial charge in [0.25, 0.3) is 0 Å². The molecule has 1 aliphatic heterocycles. The summed E-state index contributed by atoms with van der Waals surface area (Å²) in [6.07, 6.45) is 3.34. The fourth-order valence-electron chi connectivity index (χ4n) is 3.05. The lowest BCUT2D eigenvalue weighted by molar-refractivity contribution is -0.129. The molecule has 0 unspecified atom stereocenters. The summed E-state index contributed by atoms with van der Waals surface area (Å²) in [5.74, 6) is 0.223. The van der Waals surface area contributed by atoms with Gasteiger partial charge in [0.2, 0.25) is 5.91 Å². The summed E-state index contributed by atoms with van der Waals surface area (Å²) >= 11 is 0. The number of rotatable bonds is 4. The zero-order valence-electron chi connectivity index (χ0n) is 14.4. The number of hydrogen-bond acceptors (Lipinski definition) is 3. The largest absolute Gasteiger partial charge is 0.508 e. The predicted octanol–water partition coefficient (Wildman–Crippen LogP) is 3.75. The number of nitrogens with zero attached hydrogens (tertiary/aromatic N) is 2. The quantitative estimate of drug-likeness (QED) is 0.718. The third kappa shape index (κ3) is 3.55. The maximum Gasteiger partial charge on any atom is 0.247 e. The molecule has 0 fully saturated rings. The Balaban J connectivity index is 1.68. The molecular weight excluding hydrogens is 347 g/mol. The minimum absolute atomic E-state index is 0.108. The number of fused-ring (bicyclic) bond motifs is 1. The van der Waals surface area contributed by atoms with Crippen molar-refractivity contribution in [2.45, 2.75) is 13.1 Å². The number of phenols is 1. The van der Waals surface area contributed by atoms with Gasteiger partial charge in [0, 0.05) is 6.20 Å². The summed E-state index contributed by atoms with van der Waals surface area (Å²) in [5, 5.41) is 9.38. The number of phenolic OH excluding ortho intramolecular Hbond substituents is 1. The Kier molecular flexibility index (Phi) is 4.38. The van der Waals surface area contributed by atoms with Crippen LogP contribution >= 0.6 is 0 Å². The molecule has 1 amide bonds. The van der Waals surface area contributed by atoms with E-state index in [0.717, 1.165) is 5.69 Å². The van der Waals surface area contributed by atoms with Crippen LogP contribution < -0.4 is 4.74 Å². The zero-order chi connectivity index (χ0) is 18.8. The van der Waals surface area contributed by atoms with Gasteiger partial charge in [0.1, 0.15) is 35.8 Å². The van der Waals surface area contributed by atoms with Gasteiger partial charge in [0.15, 0.2) is 0 Å². The van der Waals surface area contributed by atoms with Crippen molar-refractivity contribution in [3.05, 3.63) is 90.2 Å². The molecule has 6 heteroatoms. The molecule has 1 aliphatic rings. The van der Waals surface area contributed by atoms with E-state index < -0.39 is 0 Å². The predicted molar refractivity (Wildman–Crippen MR) is 98.1 cm³/mol. The van der Waals surface area contributed by atoms with Crippen LogP contribution in [0.4, 0.5) is 4.39 Å². The molecular formula is C21H17FN2O3. The second kappa shape index (κ2) is 6.99. The summed E-state index contributed by atoms with van der Waals surface area (Å²) in [4.78, 5) is 14.3. The lowest BCUT2D eigenvalue weighted by Gasteiger charge is -2.31. The molecule has 27 heavy (non-hydrogen) atoms. The Labute approximate surface area is 155 Å². The van der Waals surface area contributed by atoms with E-state index in [2.05, 4.69) is 0 Å². The van der Waals surface area contributed by atoms with Crippen LogP contribution in [0.25, 0.3) is 5.70 Å². The molecule has 5 nitrogen and oxygen atoms in total. The molecule has 2 aromatic carbocycles. The fourth-order valence-corrected chi connectivity index (χ4v) is 3.05. The Morgan fingerprint density at radius 3 is 2.70 bits per heavy atom. The van der Waals surface area contributed by atoms with Crippen molar-refractivity contribution in [2.75, 3.05) is 0 Å². The summed E-state index contributed by atoms with van der Waals surface area (Å²) in [7, 11) is 0. The van der Waals surface area contributed by atoms with E-state index in [1.165, 1.54) is 30.5 Å². The highest BCUT2D eigenvalue weighted by Gasteiger charge is 2.28. The number of aromatic hydroxyl groups is 1. The van der Waals surface area contributed by atoms with Crippen molar-refractivity contribution >= 4 is 11.6 Å². The van der Waals surface area contributed by atoms with Crippen molar-refractivity contribution in [2.24, 2.45) is 0 Å². The molecule has 1 aromatic heterocycles. The molecule has 0 spiro atoms. The zero-order valence-corrected chi connectivity index (χ0v) is 14.4. The third-order valence-corrected chi connectivity index (χ3v) is 4.36. The topological polar surface area (TPSA) is 54.7 Å². The van der Waals surface area contributed by atoms with Gasteiger partial charge >= 0.3 is 0 Å². The van der Waals surface area contributed by atoms with Gasteiger partial charge < -0.3 is 19.3 Å². The van der Waals surface area contributed by atoms with Crippen molar-refractivity contribution in [1.29, 1.82) is 0 Å². The van der Waals surface area contributed by atoms with Gasteiger partial charge in [-0.15, -0.1) is 0 Å². The number of ether oxygens (including phenoxy) is 1. The van der Waals surface area contributed by atoms with Crippen molar-refractivity contribution < 1.29 is 19.0 Å². The van der Waals surface area contributed by atoms with Crippen LogP contribution in [0.3, 0.4) is 0 Å². The van der Waals surface area contributed by atoms with Crippen molar-refractivity contribution in [3.8, 4) is 11.5 Å². The number of halogens is 1. The Morgan fingerprint density at radius 1 is 1.11 bits per heavy atom. The van der Waals surface area contributed by atoms with E-state index in [1.807, 2.05) is 22.9 Å². The second-order valence-corrected chi connectivity index (χ2v) is 6.25. The minimum atomic E-state index is -0.341. The molecule has 136 valence electrons. The number of carbonyl (C=O) groups is 1. The lowest BCUT2D eigenvalue weighted by Crippen LogP contribution is -2.37. The van der Waals surface area contributed by atoms with E-state index in [9.17, 15) is 14.3 Å². The summed E-state index contributed by atoms with van der Waals surface area (Å²) in [6.45, 7) is 0.459. The van der Waals surface area contributed by atoms with Crippen LogP contribution in [0.1, 0.15) is 11.3 Å². The number of aromatic nitrogens is 1. The first-order chi connectivity index (χ1) is 13.1. The standard InChI is InChI=1S/C21H17FN2O3/c22-16-4-1-3-15(11-16)12-24-20(14-27-18-8-6-17(25)7-9-18)19-5-2-10-23(19)13-21(24)26/h1-11,14,25H,12-13H2/b20-14+. The SMILES string of the molecule is O=C1Cn2cccc2/C(=C\Oc2ccc(O)cc2)N1Cc1cccc(F)c1. The normalized spacial score (nSPS) is 15.1. The molecule has 1 N–H and O–H groups in total. The maximum absolute atomic E-state index is 13.5. The number of carbonyl (C=O) groups excluding carboxylic acids is 1. The minimum Gasteiger partial charge on any atom is -0.508 e. The van der Waals surface area contributed by atoms with E-state index in [0.29, 0.717) is 17.0 Å². The highest BCUT2D eigenvalue weighted by Crippen LogP contribution is 2.28. The number of hydrogen-bond donors (Lipinski definition) is 1. The van der Waals surface area contributed by atoms with Crippen LogP contribution in [-0.2, 0) is 17.9 Å². The molecule has 2 heterocycles. The van der Waals surface area contributed by atoms with Crippen molar-refractivity contribution in [1.82, 2.24) is 9.47 Å². The highest BCUT2D eigenvalue weighted by atomic mass is 19.1. The van der Waals surface area contributed by atoms with Crippen LogP contribution in [0.5, 0.6) is 11.5 Å². The van der Waals surface area contributed by atoms with Crippen LogP contribution in [-0.4, -0.2) is 20.5 Å². The van der Waals surface area contributed by atoms with Crippen molar-refractivity contribution in [3.63, 3.8) is 0 Å². The molecule has 0 radical (unpaired) electrons. The molecule has 4 rings (SSSR count). The molecule has 0 saturated heterocycles. The fraction of sp³-hybridized carbons (Fsp3) is 0.0952. The molecule has 0 aliphatic carbocycles. The number of amides is 1. The second-order valence-electron chi connectivity index (χ2n) is 6.25. The highest BCUT2D eigenvalue weighted by molar-refractivity contribution is 5.89. The van der Waals surface area contributed by atoms with Gasteiger partial charge in [-0.05, 0) is 54.1 Å². The van der Waals surface area contributed by atoms with Gasteiger partial charge in [-0.25, -0.2) is 4.39 Å². The average molecular weight is 364 g/mol. The van der Waals surface area contributed by atoms with Crippen LogP contribution in [0.2, 0.25) is 0 Å². The Bertz CT molecular complexity index is 1010. The first-order valence-electron chi connectivity index (χ1n) is 8.46. The first kappa shape index (κ1) is 16.9. The van der Waals surface area contributed by atoms with Gasteiger partial charge in [-0.3, -0.25) is 4.79 Å². The third-order valence-electron chi connectivity index (χ3n) is 4.36. The van der Waals surface area contributed by atoms with E-state index >= 15 is 0 Å². The van der Waals surface area contributed by atoms with Gasteiger partial charge in [-0.1, -0.05) is 12.1 Å². The Morgan fingerprint density at radius 2 is 1.93 bits per heavy atom. The molecule has 0 atom stereocenters. The van der Waals surface area contributed by atoms with E-state index in [4.69, 9.17) is 4.74 Å². The van der Waals surface area contributed by atoms with Crippen LogP contribution in [0.15, 0.2) is 73.1 Å². The summed E-state index contributed by atoms with van der Waals surface area (Å²) in [6, 6.07) is 16.3. The maximum atomic E-state index is 13.5. The lowest BCUT2D eigenvalue weighted by atomic mass is 10.1. The number of benzene rings is 2. The van der Waals surface area contributed by atoms with Gasteiger partial charge in [-0.2, -0.15) is 0 Å². The molecule has 0 saturated carbocycles. The summed E-state index contributed by atoms with van der Waals surface area (Å²) in [5.41, 5.74) is 2.12. The molecule has 0 bridgehead atoms. The Hall–Kier alpha value is -3.54. The smallest absolute Gasteiger partial charge is 0.247 e. The van der Waals surface area contributed by atoms with E-state index in [1.54, 1.807) is 29.2 Å². The van der Waals surface area contributed by atoms with Crippen LogP contribution in [0, 0.1) is 5.82 Å².